The predicted molar refractivity (Wildman–Crippen MR) is 62.5 cm³/mol. The third kappa shape index (κ3) is 4.16. The van der Waals surface area contributed by atoms with E-state index in [9.17, 15) is 13.2 Å². The van der Waals surface area contributed by atoms with Crippen molar-refractivity contribution in [3.8, 4) is 0 Å². The fourth-order valence-electron chi connectivity index (χ4n) is 1.12. The molecule has 1 aromatic carbocycles. The van der Waals surface area contributed by atoms with E-state index < -0.39 is 16.0 Å². The molecule has 0 spiro atoms. The average Bonchev–Trinajstić information content (AvgIpc) is 2.28. The van der Waals surface area contributed by atoms with Crippen LogP contribution >= 0.6 is 0 Å². The summed E-state index contributed by atoms with van der Waals surface area (Å²) in [5.41, 5.74) is 0.951. The Kier molecular flexibility index (Phi) is 4.65. The van der Waals surface area contributed by atoms with Crippen LogP contribution in [-0.4, -0.2) is 14.4 Å². The van der Waals surface area contributed by atoms with E-state index in [0.717, 1.165) is 5.56 Å². The topological polar surface area (TPSA) is 72.5 Å². The van der Waals surface area contributed by atoms with Gasteiger partial charge in [-0.05, 0) is 30.4 Å². The maximum absolute atomic E-state index is 11.7. The van der Waals surface area contributed by atoms with Gasteiger partial charge in [-0.25, -0.2) is 8.42 Å². The van der Waals surface area contributed by atoms with Crippen LogP contribution in [0.25, 0.3) is 0 Å². The molecular weight excluding hydrogens is 242 g/mol. The molecule has 0 radical (unpaired) electrons. The van der Waals surface area contributed by atoms with E-state index in [1.54, 1.807) is 23.9 Å². The Balaban J connectivity index is 2.69. The van der Waals surface area contributed by atoms with Crippen molar-refractivity contribution < 1.29 is 18.0 Å². The number of hydrogen-bond acceptors (Lipinski definition) is 4. The summed E-state index contributed by atoms with van der Waals surface area (Å²) in [6.07, 6.45) is 0.779. The lowest BCUT2D eigenvalue weighted by atomic mass is 10.2. The summed E-state index contributed by atoms with van der Waals surface area (Å²) in [6, 6.07) is 6.24. The van der Waals surface area contributed by atoms with Crippen LogP contribution in [0.5, 0.6) is 0 Å². The zero-order valence-corrected chi connectivity index (χ0v) is 10.6. The van der Waals surface area contributed by atoms with Gasteiger partial charge < -0.3 is 4.84 Å². The van der Waals surface area contributed by atoms with Crippen LogP contribution in [0.1, 0.15) is 25.3 Å². The lowest BCUT2D eigenvalue weighted by molar-refractivity contribution is -0.147. The Labute approximate surface area is 101 Å². The number of hydrogen-bond donors (Lipinski definition) is 1. The molecule has 0 saturated carbocycles. The molecule has 94 valence electrons. The van der Waals surface area contributed by atoms with E-state index in [4.69, 9.17) is 0 Å². The Morgan fingerprint density at radius 1 is 1.29 bits per heavy atom. The summed E-state index contributed by atoms with van der Waals surface area (Å²) in [5, 5.41) is 0. The second-order valence-electron chi connectivity index (χ2n) is 3.62. The SMILES string of the molecule is CCCC(=O)ONS(=O)(=O)c1ccc(C)cc1. The zero-order chi connectivity index (χ0) is 12.9. The molecule has 0 aliphatic heterocycles. The lowest BCUT2D eigenvalue weighted by Gasteiger charge is -2.06. The third-order valence-corrected chi connectivity index (χ3v) is 3.25. The summed E-state index contributed by atoms with van der Waals surface area (Å²) in [6.45, 7) is 3.65. The standard InChI is InChI=1S/C11H15NO4S/c1-3-4-11(13)16-12-17(14,15)10-7-5-9(2)6-8-10/h5-8,12H,3-4H2,1-2H3. The van der Waals surface area contributed by atoms with Gasteiger partial charge in [-0.15, -0.1) is 0 Å². The summed E-state index contributed by atoms with van der Waals surface area (Å²) < 4.78 is 23.3. The van der Waals surface area contributed by atoms with Crippen LogP contribution in [-0.2, 0) is 19.7 Å². The molecule has 5 nitrogen and oxygen atoms in total. The van der Waals surface area contributed by atoms with Gasteiger partial charge in [-0.1, -0.05) is 24.6 Å². The number of sulfonamides is 1. The number of carbonyl (C=O) groups excluding carboxylic acids is 1. The van der Waals surface area contributed by atoms with Crippen LogP contribution in [0.2, 0.25) is 0 Å². The molecule has 0 saturated heterocycles. The minimum absolute atomic E-state index is 0.0624. The van der Waals surface area contributed by atoms with Gasteiger partial charge in [-0.3, -0.25) is 4.79 Å². The van der Waals surface area contributed by atoms with Crippen molar-refractivity contribution in [2.24, 2.45) is 0 Å². The summed E-state index contributed by atoms with van der Waals surface area (Å²) in [7, 11) is -3.78. The van der Waals surface area contributed by atoms with Crippen molar-refractivity contribution in [2.45, 2.75) is 31.6 Å². The Morgan fingerprint density at radius 3 is 2.41 bits per heavy atom. The van der Waals surface area contributed by atoms with Crippen molar-refractivity contribution in [2.75, 3.05) is 0 Å². The molecule has 1 aromatic rings. The highest BCUT2D eigenvalue weighted by atomic mass is 32.2. The van der Waals surface area contributed by atoms with Crippen molar-refractivity contribution in [1.29, 1.82) is 0 Å². The third-order valence-electron chi connectivity index (χ3n) is 2.05. The maximum atomic E-state index is 11.7. The van der Waals surface area contributed by atoms with Gasteiger partial charge in [0.15, 0.2) is 0 Å². The van der Waals surface area contributed by atoms with Crippen molar-refractivity contribution in [3.63, 3.8) is 0 Å². The van der Waals surface area contributed by atoms with E-state index in [1.807, 2.05) is 6.92 Å². The largest absolute Gasteiger partial charge is 0.356 e. The van der Waals surface area contributed by atoms with E-state index in [2.05, 4.69) is 4.84 Å². The van der Waals surface area contributed by atoms with Gasteiger partial charge in [0, 0.05) is 6.42 Å². The quantitative estimate of drug-likeness (QED) is 0.812. The predicted octanol–water partition coefficient (Wildman–Crippen LogP) is 1.53. The number of nitrogens with one attached hydrogen (secondary N) is 1. The molecule has 0 aromatic heterocycles. The zero-order valence-electron chi connectivity index (χ0n) is 9.76. The average molecular weight is 257 g/mol. The highest BCUT2D eigenvalue weighted by Gasteiger charge is 2.15. The van der Waals surface area contributed by atoms with Gasteiger partial charge >= 0.3 is 5.97 Å². The molecule has 6 heteroatoms. The molecular formula is C11H15NO4S. The lowest BCUT2D eigenvalue weighted by Crippen LogP contribution is -2.27. The first-order valence-corrected chi connectivity index (χ1v) is 6.72. The maximum Gasteiger partial charge on any atom is 0.326 e. The Bertz CT molecular complexity index is 479. The summed E-state index contributed by atoms with van der Waals surface area (Å²) in [5.74, 6) is -0.594. The van der Waals surface area contributed by atoms with Crippen LogP contribution in [0.3, 0.4) is 0 Å². The number of rotatable bonds is 5. The molecule has 0 bridgehead atoms. The molecule has 0 aliphatic carbocycles. The van der Waals surface area contributed by atoms with E-state index >= 15 is 0 Å². The van der Waals surface area contributed by atoms with Crippen molar-refractivity contribution in [3.05, 3.63) is 29.8 Å². The van der Waals surface area contributed by atoms with Gasteiger partial charge in [0.1, 0.15) is 0 Å². The smallest absolute Gasteiger partial charge is 0.326 e. The normalized spacial score (nSPS) is 11.2. The number of carbonyl (C=O) groups is 1. The monoisotopic (exact) mass is 257 g/mol. The molecule has 0 unspecified atom stereocenters. The summed E-state index contributed by atoms with van der Waals surface area (Å²) >= 11 is 0. The van der Waals surface area contributed by atoms with Crippen LogP contribution in [0, 0.1) is 6.92 Å². The summed E-state index contributed by atoms with van der Waals surface area (Å²) in [4.78, 5) is 17.3. The van der Waals surface area contributed by atoms with Crippen molar-refractivity contribution >= 4 is 16.0 Å². The highest BCUT2D eigenvalue weighted by Crippen LogP contribution is 2.09. The fourth-order valence-corrected chi connectivity index (χ4v) is 1.92. The fraction of sp³-hybridized carbons (Fsp3) is 0.364. The van der Waals surface area contributed by atoms with Crippen LogP contribution < -0.4 is 4.89 Å². The Hall–Kier alpha value is -1.40. The van der Waals surface area contributed by atoms with Crippen molar-refractivity contribution in [1.82, 2.24) is 4.89 Å². The first-order valence-electron chi connectivity index (χ1n) is 5.24. The van der Waals surface area contributed by atoms with E-state index in [1.165, 1.54) is 12.1 Å². The Morgan fingerprint density at radius 2 is 1.88 bits per heavy atom. The van der Waals surface area contributed by atoms with Crippen LogP contribution in [0.15, 0.2) is 29.2 Å². The van der Waals surface area contributed by atoms with Gasteiger partial charge in [0.2, 0.25) is 0 Å². The molecule has 0 atom stereocenters. The first-order chi connectivity index (χ1) is 7.95. The van der Waals surface area contributed by atoms with Gasteiger partial charge in [-0.2, -0.15) is 0 Å². The van der Waals surface area contributed by atoms with E-state index in [-0.39, 0.29) is 11.3 Å². The molecule has 0 amide bonds. The molecule has 0 fully saturated rings. The minimum atomic E-state index is -3.78. The molecule has 1 rings (SSSR count). The second-order valence-corrected chi connectivity index (χ2v) is 5.27. The molecule has 17 heavy (non-hydrogen) atoms. The van der Waals surface area contributed by atoms with Gasteiger partial charge in [0.05, 0.1) is 4.90 Å². The number of aryl methyl sites for hydroxylation is 1. The molecule has 0 aliphatic rings. The first kappa shape index (κ1) is 13.7. The second kappa shape index (κ2) is 5.79. The van der Waals surface area contributed by atoms with Gasteiger partial charge in [0.25, 0.3) is 10.0 Å². The molecule has 1 N–H and O–H groups in total. The molecule has 0 heterocycles. The van der Waals surface area contributed by atoms with E-state index in [0.29, 0.717) is 6.42 Å². The highest BCUT2D eigenvalue weighted by molar-refractivity contribution is 7.89. The minimum Gasteiger partial charge on any atom is -0.356 e. The van der Waals surface area contributed by atoms with Crippen LogP contribution in [0.4, 0.5) is 0 Å². The number of benzene rings is 1.